The minimum atomic E-state index is -0.562. The van der Waals surface area contributed by atoms with Crippen molar-refractivity contribution < 1.29 is 14.3 Å². The molecule has 1 aromatic rings. The Morgan fingerprint density at radius 3 is 2.17 bits per heavy atom. The summed E-state index contributed by atoms with van der Waals surface area (Å²) in [5.41, 5.74) is 17.4. The number of aryl methyl sites for hydroxylation is 1. The van der Waals surface area contributed by atoms with Crippen LogP contribution in [0.1, 0.15) is 36.7 Å². The molecule has 0 bridgehead atoms. The summed E-state index contributed by atoms with van der Waals surface area (Å²) in [6.07, 6.45) is -0.379. The van der Waals surface area contributed by atoms with Crippen molar-refractivity contribution in [2.45, 2.75) is 33.3 Å². The van der Waals surface area contributed by atoms with Gasteiger partial charge in [-0.1, -0.05) is 12.1 Å². The van der Waals surface area contributed by atoms with Gasteiger partial charge in [-0.05, 0) is 39.3 Å². The number of aliphatic imine (C=N–C) groups is 2. The number of carbonyl (C=O) groups is 2. The molecule has 0 aliphatic carbocycles. The highest BCUT2D eigenvalue weighted by Crippen LogP contribution is 2.26. The Hall–Kier alpha value is -3.30. The highest BCUT2D eigenvalue weighted by Gasteiger charge is 2.29. The Bertz CT molecular complexity index is 831. The first-order chi connectivity index (χ1) is 13.5. The zero-order valence-corrected chi connectivity index (χ0v) is 17.3. The summed E-state index contributed by atoms with van der Waals surface area (Å²) in [6.45, 7) is 8.83. The molecule has 2 rings (SSSR count). The fraction of sp³-hybridized carbons (Fsp3) is 0.474. The molecular weight excluding hydrogens is 374 g/mol. The largest absolute Gasteiger partial charge is 0.444 e. The summed E-state index contributed by atoms with van der Waals surface area (Å²) >= 11 is 0. The van der Waals surface area contributed by atoms with Crippen molar-refractivity contribution in [1.82, 2.24) is 9.80 Å². The van der Waals surface area contributed by atoms with E-state index in [4.69, 9.17) is 21.9 Å². The van der Waals surface area contributed by atoms with Gasteiger partial charge in [-0.15, -0.1) is 0 Å². The zero-order valence-electron chi connectivity index (χ0n) is 17.3. The standard InChI is InChI=1S/C19H29N7O3/c1-12-6-5-7-13(14(12)23-17(22)24-16(20)21)15(27)25-8-10-26(11-9-25)18(28)29-19(2,3)4/h5-7H,8-11H2,1-4H3,(H6,20,21,22,23,24). The third kappa shape index (κ3) is 6.09. The molecule has 6 N–H and O–H groups in total. The van der Waals surface area contributed by atoms with E-state index in [2.05, 4.69) is 9.98 Å². The maximum absolute atomic E-state index is 13.1. The fourth-order valence-electron chi connectivity index (χ4n) is 2.84. The second kappa shape index (κ2) is 8.80. The minimum absolute atomic E-state index is 0.136. The summed E-state index contributed by atoms with van der Waals surface area (Å²) < 4.78 is 5.39. The van der Waals surface area contributed by atoms with Crippen LogP contribution >= 0.6 is 0 Å². The lowest BCUT2D eigenvalue weighted by atomic mass is 10.1. The molecule has 10 heteroatoms. The third-order valence-electron chi connectivity index (χ3n) is 4.16. The fourth-order valence-corrected chi connectivity index (χ4v) is 2.84. The molecule has 0 spiro atoms. The van der Waals surface area contributed by atoms with Gasteiger partial charge in [0.2, 0.25) is 5.96 Å². The first-order valence-electron chi connectivity index (χ1n) is 9.28. The molecule has 1 aliphatic heterocycles. The molecule has 1 heterocycles. The van der Waals surface area contributed by atoms with E-state index >= 15 is 0 Å². The van der Waals surface area contributed by atoms with Gasteiger partial charge in [-0.2, -0.15) is 4.99 Å². The van der Waals surface area contributed by atoms with Crippen molar-refractivity contribution in [1.29, 1.82) is 0 Å². The summed E-state index contributed by atoms with van der Waals surface area (Å²) in [7, 11) is 0. The van der Waals surface area contributed by atoms with Gasteiger partial charge >= 0.3 is 6.09 Å². The average Bonchev–Trinajstić information content (AvgIpc) is 2.61. The van der Waals surface area contributed by atoms with E-state index in [-0.39, 0.29) is 23.9 Å². The first-order valence-corrected chi connectivity index (χ1v) is 9.28. The van der Waals surface area contributed by atoms with E-state index in [1.165, 1.54) is 0 Å². The quantitative estimate of drug-likeness (QED) is 0.493. The number of hydrogen-bond donors (Lipinski definition) is 3. The number of carbonyl (C=O) groups excluding carboxylic acids is 2. The van der Waals surface area contributed by atoms with E-state index in [1.807, 2.05) is 33.8 Å². The summed E-state index contributed by atoms with van der Waals surface area (Å²) in [4.78, 5) is 36.5. The molecule has 1 aliphatic rings. The summed E-state index contributed by atoms with van der Waals surface area (Å²) in [6, 6.07) is 5.27. The van der Waals surface area contributed by atoms with Crippen LogP contribution in [0.15, 0.2) is 28.2 Å². The Morgan fingerprint density at radius 2 is 1.62 bits per heavy atom. The van der Waals surface area contributed by atoms with Gasteiger partial charge in [0.05, 0.1) is 11.3 Å². The predicted octanol–water partition coefficient (Wildman–Crippen LogP) is 0.908. The Morgan fingerprint density at radius 1 is 1.03 bits per heavy atom. The van der Waals surface area contributed by atoms with Crippen molar-refractivity contribution in [2.75, 3.05) is 26.2 Å². The Labute approximate surface area is 170 Å². The number of rotatable bonds is 2. The lowest BCUT2D eigenvalue weighted by molar-refractivity contribution is 0.0141. The van der Waals surface area contributed by atoms with Crippen LogP contribution in [-0.2, 0) is 4.74 Å². The first kappa shape index (κ1) is 22.0. The van der Waals surface area contributed by atoms with Crippen LogP contribution in [0.3, 0.4) is 0 Å². The molecule has 1 aromatic carbocycles. The van der Waals surface area contributed by atoms with Gasteiger partial charge in [-0.3, -0.25) is 4.79 Å². The Kier molecular flexibility index (Phi) is 6.68. The van der Waals surface area contributed by atoms with Gasteiger partial charge < -0.3 is 31.7 Å². The number of piperazine rings is 1. The number of guanidine groups is 2. The maximum Gasteiger partial charge on any atom is 0.410 e. The molecule has 1 fully saturated rings. The number of ether oxygens (including phenoxy) is 1. The van der Waals surface area contributed by atoms with Gasteiger partial charge in [0, 0.05) is 26.2 Å². The number of para-hydroxylation sites is 1. The maximum atomic E-state index is 13.1. The van der Waals surface area contributed by atoms with Crippen LogP contribution in [0.2, 0.25) is 0 Å². The van der Waals surface area contributed by atoms with E-state index < -0.39 is 5.60 Å². The highest BCUT2D eigenvalue weighted by molar-refractivity contribution is 6.02. The molecule has 0 aromatic heterocycles. The highest BCUT2D eigenvalue weighted by atomic mass is 16.6. The van der Waals surface area contributed by atoms with Gasteiger partial charge in [0.15, 0.2) is 5.96 Å². The summed E-state index contributed by atoms with van der Waals surface area (Å²) in [5.74, 6) is -0.553. The molecule has 10 nitrogen and oxygen atoms in total. The molecule has 2 amide bonds. The molecular formula is C19H29N7O3. The van der Waals surface area contributed by atoms with Crippen LogP contribution in [0, 0.1) is 6.92 Å². The number of nitrogens with zero attached hydrogens (tertiary/aromatic N) is 4. The second-order valence-electron chi connectivity index (χ2n) is 7.74. The van der Waals surface area contributed by atoms with Crippen LogP contribution < -0.4 is 17.2 Å². The second-order valence-corrected chi connectivity index (χ2v) is 7.74. The molecule has 0 unspecified atom stereocenters. The SMILES string of the molecule is Cc1cccc(C(=O)N2CCN(C(=O)OC(C)(C)C)CC2)c1N=C(N)N=C(N)N. The topological polar surface area (TPSA) is 153 Å². The van der Waals surface area contributed by atoms with Crippen molar-refractivity contribution in [2.24, 2.45) is 27.2 Å². The third-order valence-corrected chi connectivity index (χ3v) is 4.16. The monoisotopic (exact) mass is 403 g/mol. The number of nitrogens with two attached hydrogens (primary N) is 3. The molecule has 29 heavy (non-hydrogen) atoms. The number of hydrogen-bond acceptors (Lipinski definition) is 4. The molecule has 0 saturated carbocycles. The van der Waals surface area contributed by atoms with Gasteiger partial charge in [0.25, 0.3) is 5.91 Å². The molecule has 158 valence electrons. The van der Waals surface area contributed by atoms with Gasteiger partial charge in [-0.25, -0.2) is 9.79 Å². The normalized spacial score (nSPS) is 15.1. The van der Waals surface area contributed by atoms with E-state index in [1.54, 1.807) is 21.9 Å². The smallest absolute Gasteiger partial charge is 0.410 e. The van der Waals surface area contributed by atoms with Crippen molar-refractivity contribution >= 4 is 29.6 Å². The van der Waals surface area contributed by atoms with Crippen LogP contribution in [0.4, 0.5) is 10.5 Å². The molecule has 1 saturated heterocycles. The molecule has 0 atom stereocenters. The van der Waals surface area contributed by atoms with Crippen molar-refractivity contribution in [3.05, 3.63) is 29.3 Å². The number of benzene rings is 1. The van der Waals surface area contributed by atoms with E-state index in [0.717, 1.165) is 5.56 Å². The minimum Gasteiger partial charge on any atom is -0.444 e. The average molecular weight is 403 g/mol. The van der Waals surface area contributed by atoms with Crippen LogP contribution in [-0.4, -0.2) is 65.5 Å². The Balaban J connectivity index is 2.15. The van der Waals surface area contributed by atoms with E-state index in [0.29, 0.717) is 37.4 Å². The molecule has 0 radical (unpaired) electrons. The predicted molar refractivity (Wildman–Crippen MR) is 112 cm³/mol. The number of amides is 2. The zero-order chi connectivity index (χ0) is 21.8. The van der Waals surface area contributed by atoms with Crippen molar-refractivity contribution in [3.8, 4) is 0 Å². The van der Waals surface area contributed by atoms with E-state index in [9.17, 15) is 9.59 Å². The van der Waals surface area contributed by atoms with Crippen molar-refractivity contribution in [3.63, 3.8) is 0 Å². The van der Waals surface area contributed by atoms with Crippen LogP contribution in [0.25, 0.3) is 0 Å². The lowest BCUT2D eigenvalue weighted by Gasteiger charge is -2.35. The van der Waals surface area contributed by atoms with Crippen LogP contribution in [0.5, 0.6) is 0 Å². The van der Waals surface area contributed by atoms with Gasteiger partial charge in [0.1, 0.15) is 5.60 Å². The summed E-state index contributed by atoms with van der Waals surface area (Å²) in [5, 5.41) is 0. The lowest BCUT2D eigenvalue weighted by Crippen LogP contribution is -2.51.